The van der Waals surface area contributed by atoms with Crippen LogP contribution in [0.4, 0.5) is 0 Å². The summed E-state index contributed by atoms with van der Waals surface area (Å²) in [6, 6.07) is 46.1. The molecule has 0 radical (unpaired) electrons. The summed E-state index contributed by atoms with van der Waals surface area (Å²) < 4.78 is 0. The first-order valence-electron chi connectivity index (χ1n) is 11.8. The van der Waals surface area contributed by atoms with Crippen molar-refractivity contribution in [2.45, 2.75) is 19.8 Å². The maximum Gasteiger partial charge on any atom is -0.0172 e. The molecule has 0 N–H and O–H groups in total. The molecule has 0 amide bonds. The van der Waals surface area contributed by atoms with Crippen molar-refractivity contribution in [3.05, 3.63) is 133 Å². The third-order valence-corrected chi connectivity index (χ3v) is 6.16. The minimum atomic E-state index is 1.13. The predicted molar refractivity (Wildman–Crippen MR) is 142 cm³/mol. The molecule has 5 aromatic carbocycles. The van der Waals surface area contributed by atoms with Gasteiger partial charge in [0.25, 0.3) is 0 Å². The van der Waals surface area contributed by atoms with Crippen LogP contribution in [0.1, 0.15) is 18.9 Å². The fraction of sp³-hybridized carbons (Fsp3) is 0.0909. The third kappa shape index (κ3) is 4.81. The molecule has 0 nitrogen and oxygen atoms in total. The SMILES string of the molecule is CCCc1cccc(-c2ccc(-c3cc(-c4ccccc4)cc(-c4ccccc4)c3)cc2)c1. The third-order valence-electron chi connectivity index (χ3n) is 6.16. The van der Waals surface area contributed by atoms with Crippen molar-refractivity contribution in [2.24, 2.45) is 0 Å². The number of hydrogen-bond donors (Lipinski definition) is 0. The average molecular weight is 425 g/mol. The molecule has 0 heteroatoms. The lowest BCUT2D eigenvalue weighted by molar-refractivity contribution is 0.922. The summed E-state index contributed by atoms with van der Waals surface area (Å²) in [6.45, 7) is 2.23. The molecule has 0 unspecified atom stereocenters. The Labute approximate surface area is 197 Å². The summed E-state index contributed by atoms with van der Waals surface area (Å²) in [7, 11) is 0. The zero-order chi connectivity index (χ0) is 22.5. The Hall–Kier alpha value is -3.90. The second-order valence-electron chi connectivity index (χ2n) is 8.56. The fourth-order valence-corrected chi connectivity index (χ4v) is 4.44. The largest absolute Gasteiger partial charge is 0.0651 e. The molecule has 0 heterocycles. The zero-order valence-electron chi connectivity index (χ0n) is 19.0. The predicted octanol–water partition coefficient (Wildman–Crippen LogP) is 9.31. The highest BCUT2D eigenvalue weighted by Crippen LogP contribution is 2.33. The van der Waals surface area contributed by atoms with Gasteiger partial charge in [0.2, 0.25) is 0 Å². The molecule has 5 rings (SSSR count). The number of benzene rings is 5. The Morgan fingerprint density at radius 1 is 0.364 bits per heavy atom. The van der Waals surface area contributed by atoms with E-state index in [4.69, 9.17) is 0 Å². The molecule has 0 spiro atoms. The molecule has 0 bridgehead atoms. The minimum Gasteiger partial charge on any atom is -0.0651 e. The quantitative estimate of drug-likeness (QED) is 0.255. The van der Waals surface area contributed by atoms with Crippen LogP contribution in [-0.4, -0.2) is 0 Å². The number of rotatable bonds is 6. The van der Waals surface area contributed by atoms with Crippen LogP contribution < -0.4 is 0 Å². The molecule has 0 atom stereocenters. The van der Waals surface area contributed by atoms with Gasteiger partial charge in [0.1, 0.15) is 0 Å². The maximum atomic E-state index is 2.32. The molecule has 0 saturated heterocycles. The molecule has 0 aromatic heterocycles. The Bertz CT molecular complexity index is 1270. The van der Waals surface area contributed by atoms with E-state index in [1.165, 1.54) is 56.5 Å². The highest BCUT2D eigenvalue weighted by Gasteiger charge is 2.08. The summed E-state index contributed by atoms with van der Waals surface area (Å²) >= 11 is 0. The van der Waals surface area contributed by atoms with Gasteiger partial charge in [-0.1, -0.05) is 123 Å². The molecule has 0 saturated carbocycles. The van der Waals surface area contributed by atoms with Crippen LogP contribution in [-0.2, 0) is 6.42 Å². The van der Waals surface area contributed by atoms with Gasteiger partial charge in [-0.15, -0.1) is 0 Å². The molecule has 0 aliphatic heterocycles. The van der Waals surface area contributed by atoms with Crippen molar-refractivity contribution in [3.8, 4) is 44.5 Å². The lowest BCUT2D eigenvalue weighted by Gasteiger charge is -2.12. The van der Waals surface area contributed by atoms with Crippen LogP contribution >= 0.6 is 0 Å². The summed E-state index contributed by atoms with van der Waals surface area (Å²) in [5.41, 5.74) is 11.4. The van der Waals surface area contributed by atoms with Crippen molar-refractivity contribution >= 4 is 0 Å². The van der Waals surface area contributed by atoms with Crippen LogP contribution in [0.3, 0.4) is 0 Å². The number of aryl methyl sites for hydroxylation is 1. The first-order valence-corrected chi connectivity index (χ1v) is 11.8. The van der Waals surface area contributed by atoms with Gasteiger partial charge in [-0.25, -0.2) is 0 Å². The standard InChI is InChI=1S/C33H28/c1-2-10-25-11-9-16-30(21-25)28-17-19-29(20-18-28)33-23-31(26-12-5-3-6-13-26)22-32(24-33)27-14-7-4-8-15-27/h3-9,11-24H,2,10H2,1H3. The van der Waals surface area contributed by atoms with Crippen molar-refractivity contribution in [2.75, 3.05) is 0 Å². The molecular formula is C33H28. The van der Waals surface area contributed by atoms with Gasteiger partial charge in [0.05, 0.1) is 0 Å². The Morgan fingerprint density at radius 3 is 1.27 bits per heavy atom. The first kappa shape index (κ1) is 21.0. The van der Waals surface area contributed by atoms with E-state index in [1.807, 2.05) is 0 Å². The van der Waals surface area contributed by atoms with Crippen LogP contribution in [0.2, 0.25) is 0 Å². The summed E-state index contributed by atoms with van der Waals surface area (Å²) in [5.74, 6) is 0. The van der Waals surface area contributed by atoms with Gasteiger partial charge in [0.15, 0.2) is 0 Å². The van der Waals surface area contributed by atoms with Gasteiger partial charge < -0.3 is 0 Å². The fourth-order valence-electron chi connectivity index (χ4n) is 4.44. The highest BCUT2D eigenvalue weighted by molar-refractivity contribution is 5.82. The van der Waals surface area contributed by atoms with E-state index in [0.717, 1.165) is 6.42 Å². The summed E-state index contributed by atoms with van der Waals surface area (Å²) in [5, 5.41) is 0. The lowest BCUT2D eigenvalue weighted by atomic mass is 9.92. The van der Waals surface area contributed by atoms with E-state index in [1.54, 1.807) is 0 Å². The molecule has 0 aliphatic carbocycles. The van der Waals surface area contributed by atoms with Crippen LogP contribution in [0.25, 0.3) is 44.5 Å². The van der Waals surface area contributed by atoms with Gasteiger partial charge in [-0.05, 0) is 74.7 Å². The molecule has 5 aromatic rings. The van der Waals surface area contributed by atoms with Gasteiger partial charge in [-0.2, -0.15) is 0 Å². The summed E-state index contributed by atoms with van der Waals surface area (Å²) in [6.07, 6.45) is 2.30. The van der Waals surface area contributed by atoms with E-state index < -0.39 is 0 Å². The molecular weight excluding hydrogens is 396 g/mol. The lowest BCUT2D eigenvalue weighted by Crippen LogP contribution is -1.87. The van der Waals surface area contributed by atoms with E-state index in [9.17, 15) is 0 Å². The van der Waals surface area contributed by atoms with E-state index >= 15 is 0 Å². The van der Waals surface area contributed by atoms with Crippen molar-refractivity contribution in [1.29, 1.82) is 0 Å². The highest BCUT2D eigenvalue weighted by atomic mass is 14.1. The average Bonchev–Trinajstić information content (AvgIpc) is 2.90. The van der Waals surface area contributed by atoms with E-state index in [2.05, 4.69) is 134 Å². The van der Waals surface area contributed by atoms with Crippen molar-refractivity contribution in [3.63, 3.8) is 0 Å². The Balaban J connectivity index is 1.55. The van der Waals surface area contributed by atoms with Crippen molar-refractivity contribution in [1.82, 2.24) is 0 Å². The zero-order valence-corrected chi connectivity index (χ0v) is 19.0. The summed E-state index contributed by atoms with van der Waals surface area (Å²) in [4.78, 5) is 0. The Morgan fingerprint density at radius 2 is 0.788 bits per heavy atom. The molecule has 33 heavy (non-hydrogen) atoms. The second kappa shape index (κ2) is 9.71. The van der Waals surface area contributed by atoms with Gasteiger partial charge >= 0.3 is 0 Å². The van der Waals surface area contributed by atoms with Crippen LogP contribution in [0.15, 0.2) is 127 Å². The number of hydrogen-bond acceptors (Lipinski definition) is 0. The Kier molecular flexibility index (Phi) is 6.17. The molecule has 0 fully saturated rings. The van der Waals surface area contributed by atoms with Gasteiger partial charge in [0, 0.05) is 0 Å². The first-order chi connectivity index (χ1) is 16.3. The van der Waals surface area contributed by atoms with Gasteiger partial charge in [-0.3, -0.25) is 0 Å². The smallest absolute Gasteiger partial charge is 0.0172 e. The molecule has 160 valence electrons. The molecule has 0 aliphatic rings. The topological polar surface area (TPSA) is 0 Å². The minimum absolute atomic E-state index is 1.13. The van der Waals surface area contributed by atoms with Crippen LogP contribution in [0, 0.1) is 0 Å². The van der Waals surface area contributed by atoms with E-state index in [-0.39, 0.29) is 0 Å². The van der Waals surface area contributed by atoms with Crippen LogP contribution in [0.5, 0.6) is 0 Å². The second-order valence-corrected chi connectivity index (χ2v) is 8.56. The monoisotopic (exact) mass is 424 g/mol. The normalized spacial score (nSPS) is 10.8. The van der Waals surface area contributed by atoms with Crippen molar-refractivity contribution < 1.29 is 0 Å². The maximum absolute atomic E-state index is 2.32. The van der Waals surface area contributed by atoms with E-state index in [0.29, 0.717) is 0 Å².